The van der Waals surface area contributed by atoms with E-state index < -0.39 is 11.9 Å². The monoisotopic (exact) mass is 414 g/mol. The van der Waals surface area contributed by atoms with Crippen LogP contribution in [0.5, 0.6) is 0 Å². The summed E-state index contributed by atoms with van der Waals surface area (Å²) in [5.41, 5.74) is 3.98. The Labute approximate surface area is 168 Å². The molecule has 0 saturated carbocycles. The van der Waals surface area contributed by atoms with Crippen LogP contribution in [0.25, 0.3) is 0 Å². The topological polar surface area (TPSA) is 83.1 Å². The number of likely N-dealkylation sites (N-methyl/N-ethyl adjacent to an activating group) is 1. The van der Waals surface area contributed by atoms with Crippen LogP contribution in [0.4, 0.5) is 5.00 Å². The van der Waals surface area contributed by atoms with E-state index in [1.165, 1.54) is 0 Å². The summed E-state index contributed by atoms with van der Waals surface area (Å²) in [6.07, 6.45) is 0. The van der Waals surface area contributed by atoms with Gasteiger partial charge in [-0.2, -0.15) is 0 Å². The third kappa shape index (κ3) is 5.61. The molecule has 0 amide bonds. The number of hydrogen-bond acceptors (Lipinski definition) is 8. The molecule has 8 nitrogen and oxygen atoms in total. The second-order valence-electron chi connectivity index (χ2n) is 6.06. The number of piperazine rings is 1. The highest BCUT2D eigenvalue weighted by atomic mass is 32.1. The fourth-order valence-electron chi connectivity index (χ4n) is 2.63. The van der Waals surface area contributed by atoms with Crippen molar-refractivity contribution in [3.63, 3.8) is 0 Å². The van der Waals surface area contributed by atoms with E-state index in [0.29, 0.717) is 26.1 Å². The average Bonchev–Trinajstić information content (AvgIpc) is 2.93. The van der Waals surface area contributed by atoms with Crippen molar-refractivity contribution in [1.82, 2.24) is 15.3 Å². The molecule has 1 aliphatic rings. The van der Waals surface area contributed by atoms with Crippen molar-refractivity contribution in [2.75, 3.05) is 51.8 Å². The molecule has 150 valence electrons. The van der Waals surface area contributed by atoms with E-state index in [1.807, 2.05) is 5.01 Å². The summed E-state index contributed by atoms with van der Waals surface area (Å²) in [7, 11) is 2.07. The molecular weight excluding hydrogens is 388 g/mol. The number of hydrazine groups is 1. The maximum absolute atomic E-state index is 12.4. The summed E-state index contributed by atoms with van der Waals surface area (Å²) < 4.78 is 10.2. The van der Waals surface area contributed by atoms with Gasteiger partial charge in [-0.1, -0.05) is 0 Å². The minimum Gasteiger partial charge on any atom is -0.462 e. The third-order valence-corrected chi connectivity index (χ3v) is 5.46. The number of carbonyl (C=O) groups excluding carboxylic acids is 2. The number of thiophene rings is 1. The van der Waals surface area contributed by atoms with Gasteiger partial charge in [0.15, 0.2) is 5.11 Å². The quantitative estimate of drug-likeness (QED) is 0.535. The number of anilines is 1. The van der Waals surface area contributed by atoms with E-state index in [4.69, 9.17) is 21.7 Å². The van der Waals surface area contributed by atoms with Crippen molar-refractivity contribution in [1.29, 1.82) is 0 Å². The van der Waals surface area contributed by atoms with Gasteiger partial charge >= 0.3 is 11.9 Å². The van der Waals surface area contributed by atoms with Gasteiger partial charge in [-0.3, -0.25) is 5.43 Å². The Balaban J connectivity index is 2.17. The van der Waals surface area contributed by atoms with E-state index in [1.54, 1.807) is 20.8 Å². The van der Waals surface area contributed by atoms with Gasteiger partial charge in [-0.05, 0) is 45.6 Å². The first kappa shape index (κ1) is 21.5. The maximum Gasteiger partial charge on any atom is 0.348 e. The molecule has 2 heterocycles. The molecule has 27 heavy (non-hydrogen) atoms. The fraction of sp³-hybridized carbons (Fsp3) is 0.588. The molecule has 1 saturated heterocycles. The number of esters is 2. The second-order valence-corrected chi connectivity index (χ2v) is 7.49. The lowest BCUT2D eigenvalue weighted by atomic mass is 10.1. The smallest absolute Gasteiger partial charge is 0.348 e. The maximum atomic E-state index is 12.4. The van der Waals surface area contributed by atoms with Crippen LogP contribution in [-0.2, 0) is 9.47 Å². The molecule has 2 N–H and O–H groups in total. The standard InChI is InChI=1S/C17H26N4O4S2/c1-5-24-15(22)12-11(3)13(16(23)25-6-2)27-14(12)18-17(26)19-21-9-7-20(4)8-10-21/h5-10H2,1-4H3,(H2,18,19,26). The Hall–Kier alpha value is -1.75. The predicted molar refractivity (Wildman–Crippen MR) is 109 cm³/mol. The minimum absolute atomic E-state index is 0.242. The number of hydrogen-bond donors (Lipinski definition) is 2. The summed E-state index contributed by atoms with van der Waals surface area (Å²) in [5, 5.41) is 5.90. The van der Waals surface area contributed by atoms with Gasteiger partial charge in [0.2, 0.25) is 0 Å². The molecule has 2 rings (SSSR count). The Kier molecular flexibility index (Phi) is 7.96. The molecule has 0 spiro atoms. The lowest BCUT2D eigenvalue weighted by molar-refractivity contribution is 0.0527. The zero-order valence-corrected chi connectivity index (χ0v) is 17.7. The predicted octanol–water partition coefficient (Wildman–Crippen LogP) is 1.86. The van der Waals surface area contributed by atoms with Crippen LogP contribution >= 0.6 is 23.6 Å². The van der Waals surface area contributed by atoms with Crippen LogP contribution in [0.15, 0.2) is 0 Å². The lowest BCUT2D eigenvalue weighted by Gasteiger charge is -2.33. The molecular formula is C17H26N4O4S2. The summed E-state index contributed by atoms with van der Waals surface area (Å²) >= 11 is 6.53. The van der Waals surface area contributed by atoms with Gasteiger partial charge in [0.05, 0.1) is 18.8 Å². The summed E-state index contributed by atoms with van der Waals surface area (Å²) in [4.78, 5) is 27.2. The minimum atomic E-state index is -0.494. The van der Waals surface area contributed by atoms with Crippen molar-refractivity contribution in [2.24, 2.45) is 0 Å². The summed E-state index contributed by atoms with van der Waals surface area (Å²) in [6, 6.07) is 0. The largest absolute Gasteiger partial charge is 0.462 e. The first-order valence-electron chi connectivity index (χ1n) is 8.86. The summed E-state index contributed by atoms with van der Waals surface area (Å²) in [5.74, 6) is -0.955. The zero-order valence-electron chi connectivity index (χ0n) is 16.1. The highest BCUT2D eigenvalue weighted by molar-refractivity contribution is 7.80. The Bertz CT molecular complexity index is 699. The van der Waals surface area contributed by atoms with Crippen molar-refractivity contribution in [2.45, 2.75) is 20.8 Å². The number of carbonyl (C=O) groups is 2. The van der Waals surface area contributed by atoms with Crippen LogP contribution < -0.4 is 10.7 Å². The van der Waals surface area contributed by atoms with E-state index >= 15 is 0 Å². The molecule has 0 atom stereocenters. The Morgan fingerprint density at radius 2 is 1.70 bits per heavy atom. The van der Waals surface area contributed by atoms with Gasteiger partial charge in [0, 0.05) is 26.2 Å². The van der Waals surface area contributed by atoms with Gasteiger partial charge in [0.25, 0.3) is 0 Å². The first-order chi connectivity index (χ1) is 12.9. The highest BCUT2D eigenvalue weighted by Gasteiger charge is 2.27. The van der Waals surface area contributed by atoms with Crippen LogP contribution in [-0.4, -0.2) is 73.4 Å². The molecule has 0 aliphatic carbocycles. The van der Waals surface area contributed by atoms with Crippen LogP contribution in [0.3, 0.4) is 0 Å². The Morgan fingerprint density at radius 3 is 2.30 bits per heavy atom. The van der Waals surface area contributed by atoms with E-state index in [9.17, 15) is 9.59 Å². The van der Waals surface area contributed by atoms with Crippen LogP contribution in [0.1, 0.15) is 39.4 Å². The SMILES string of the molecule is CCOC(=O)c1sc(NC(=S)NN2CCN(C)CC2)c(C(=O)OCC)c1C. The molecule has 0 radical (unpaired) electrons. The Morgan fingerprint density at radius 1 is 1.11 bits per heavy atom. The van der Waals surface area contributed by atoms with Crippen molar-refractivity contribution >= 4 is 45.6 Å². The number of ether oxygens (including phenoxy) is 2. The first-order valence-corrected chi connectivity index (χ1v) is 10.1. The van der Waals surface area contributed by atoms with E-state index in [-0.39, 0.29) is 13.2 Å². The van der Waals surface area contributed by atoms with Gasteiger partial charge < -0.3 is 19.7 Å². The second kappa shape index (κ2) is 9.98. The van der Waals surface area contributed by atoms with Crippen LogP contribution in [0.2, 0.25) is 0 Å². The molecule has 0 aromatic carbocycles. The average molecular weight is 415 g/mol. The highest BCUT2D eigenvalue weighted by Crippen LogP contribution is 2.34. The third-order valence-electron chi connectivity index (χ3n) is 4.08. The lowest BCUT2D eigenvalue weighted by Crippen LogP contribution is -2.53. The molecule has 1 aromatic heterocycles. The van der Waals surface area contributed by atoms with Crippen molar-refractivity contribution in [3.05, 3.63) is 16.0 Å². The van der Waals surface area contributed by atoms with E-state index in [2.05, 4.69) is 22.7 Å². The van der Waals surface area contributed by atoms with Crippen molar-refractivity contribution < 1.29 is 19.1 Å². The normalized spacial score (nSPS) is 15.3. The fourth-order valence-corrected chi connectivity index (χ4v) is 4.02. The van der Waals surface area contributed by atoms with Crippen LogP contribution in [0, 0.1) is 6.92 Å². The number of thiocarbonyl (C=S) groups is 1. The van der Waals surface area contributed by atoms with E-state index in [0.717, 1.165) is 37.5 Å². The van der Waals surface area contributed by atoms with Gasteiger partial charge in [0.1, 0.15) is 9.88 Å². The molecule has 0 bridgehead atoms. The molecule has 10 heteroatoms. The molecule has 1 aromatic rings. The zero-order chi connectivity index (χ0) is 20.0. The number of rotatable bonds is 6. The number of nitrogens with zero attached hydrogens (tertiary/aromatic N) is 2. The van der Waals surface area contributed by atoms with Gasteiger partial charge in [-0.15, -0.1) is 11.3 Å². The number of nitrogens with one attached hydrogen (secondary N) is 2. The summed E-state index contributed by atoms with van der Waals surface area (Å²) in [6.45, 7) is 9.23. The van der Waals surface area contributed by atoms with Gasteiger partial charge in [-0.25, -0.2) is 14.6 Å². The molecule has 1 aliphatic heterocycles. The van der Waals surface area contributed by atoms with Crippen molar-refractivity contribution in [3.8, 4) is 0 Å². The molecule has 1 fully saturated rings. The molecule has 0 unspecified atom stereocenters.